The first kappa shape index (κ1) is 24.1. The molecule has 1 heterocycles. The van der Waals surface area contributed by atoms with Crippen molar-refractivity contribution >= 4 is 41.2 Å². The van der Waals surface area contributed by atoms with Gasteiger partial charge < -0.3 is 14.2 Å². The van der Waals surface area contributed by atoms with Gasteiger partial charge in [-0.1, -0.05) is 6.08 Å². The molecule has 31 heavy (non-hydrogen) atoms. The summed E-state index contributed by atoms with van der Waals surface area (Å²) in [7, 11) is 3.03. The molecule has 166 valence electrons. The second kappa shape index (κ2) is 10.7. The number of esters is 1. The van der Waals surface area contributed by atoms with Gasteiger partial charge in [0.25, 0.3) is 11.8 Å². The Kier molecular flexibility index (Phi) is 8.32. The molecule has 1 aliphatic heterocycles. The summed E-state index contributed by atoms with van der Waals surface area (Å²) in [6, 6.07) is 3.40. The molecule has 0 aliphatic carbocycles. The summed E-state index contributed by atoms with van der Waals surface area (Å²) < 4.78 is 16.3. The van der Waals surface area contributed by atoms with Crippen molar-refractivity contribution in [3.63, 3.8) is 0 Å². The average molecular weight is 447 g/mol. The second-order valence-electron chi connectivity index (χ2n) is 6.60. The number of carbonyl (C=O) groups is 3. The molecule has 8 nitrogen and oxygen atoms in total. The minimum atomic E-state index is -0.499. The summed E-state index contributed by atoms with van der Waals surface area (Å²) in [6.07, 6.45) is 3.58. The van der Waals surface area contributed by atoms with Crippen molar-refractivity contribution in [3.05, 3.63) is 41.5 Å². The molecular weight excluding hydrogens is 420 g/mol. The second-order valence-corrected chi connectivity index (χ2v) is 6.96. The minimum absolute atomic E-state index is 0.0224. The smallest absolute Gasteiger partial charge is 0.344 e. The minimum Gasteiger partial charge on any atom is -0.490 e. The number of rotatable bonds is 9. The number of nitrogens with zero attached hydrogens (tertiary/aromatic N) is 2. The highest BCUT2D eigenvalue weighted by atomic mass is 32.1. The Morgan fingerprint density at radius 1 is 1.10 bits per heavy atom. The zero-order valence-electron chi connectivity index (χ0n) is 18.1. The van der Waals surface area contributed by atoms with Gasteiger partial charge >= 0.3 is 5.97 Å². The lowest BCUT2D eigenvalue weighted by atomic mass is 10.0. The lowest BCUT2D eigenvalue weighted by Crippen LogP contribution is -2.52. The van der Waals surface area contributed by atoms with Gasteiger partial charge in [-0.15, -0.1) is 6.58 Å². The summed E-state index contributed by atoms with van der Waals surface area (Å²) in [5.41, 5.74) is 1.23. The fourth-order valence-corrected chi connectivity index (χ4v) is 3.14. The van der Waals surface area contributed by atoms with Crippen LogP contribution in [0.15, 0.2) is 30.4 Å². The van der Waals surface area contributed by atoms with Crippen molar-refractivity contribution < 1.29 is 28.6 Å². The fourth-order valence-electron chi connectivity index (χ4n) is 2.98. The number of carbonyl (C=O) groups excluding carboxylic acids is 3. The standard InChI is InChI=1S/C22H26N2O6S/c1-6-9-15-10-14(11-16-20(26)23(4)22(31)24(5)21(16)27)12-17(28-7-2)19(15)30-13-18(25)29-8-3/h6,10-12H,1,7-9,13H2,2-5H3. The molecule has 0 spiro atoms. The van der Waals surface area contributed by atoms with E-state index < -0.39 is 17.8 Å². The lowest BCUT2D eigenvalue weighted by molar-refractivity contribution is -0.145. The molecule has 1 fully saturated rings. The van der Waals surface area contributed by atoms with Crippen molar-refractivity contribution in [3.8, 4) is 11.5 Å². The monoisotopic (exact) mass is 446 g/mol. The van der Waals surface area contributed by atoms with Gasteiger partial charge in [0, 0.05) is 19.7 Å². The third-order valence-corrected chi connectivity index (χ3v) is 4.96. The molecule has 0 N–H and O–H groups in total. The summed E-state index contributed by atoms with van der Waals surface area (Å²) in [5.74, 6) is -0.710. The molecule has 0 aromatic heterocycles. The third kappa shape index (κ3) is 5.49. The van der Waals surface area contributed by atoms with Gasteiger partial charge in [0.05, 0.1) is 13.2 Å². The van der Waals surface area contributed by atoms with Crippen LogP contribution in [0.5, 0.6) is 11.5 Å². The summed E-state index contributed by atoms with van der Waals surface area (Å²) in [4.78, 5) is 39.5. The lowest BCUT2D eigenvalue weighted by Gasteiger charge is -2.31. The van der Waals surface area contributed by atoms with Crippen LogP contribution in [0.4, 0.5) is 0 Å². The molecule has 0 saturated carbocycles. The number of ether oxygens (including phenoxy) is 3. The number of amides is 2. The number of likely N-dealkylation sites (N-methyl/N-ethyl adjacent to an activating group) is 2. The maximum atomic E-state index is 12.6. The van der Waals surface area contributed by atoms with E-state index in [0.29, 0.717) is 35.7 Å². The molecule has 0 unspecified atom stereocenters. The van der Waals surface area contributed by atoms with Crippen LogP contribution < -0.4 is 9.47 Å². The van der Waals surface area contributed by atoms with Gasteiger partial charge in [-0.2, -0.15) is 0 Å². The summed E-state index contributed by atoms with van der Waals surface area (Å²) in [5, 5.41) is 0.136. The normalized spacial score (nSPS) is 13.9. The van der Waals surface area contributed by atoms with Gasteiger partial charge in [0.15, 0.2) is 23.2 Å². The Balaban J connectivity index is 2.51. The number of thiocarbonyl (C=S) groups is 1. The first-order chi connectivity index (χ1) is 14.7. The van der Waals surface area contributed by atoms with Crippen molar-refractivity contribution in [2.75, 3.05) is 33.9 Å². The summed E-state index contributed by atoms with van der Waals surface area (Å²) in [6.45, 7) is 7.60. The molecule has 2 rings (SSSR count). The number of allylic oxidation sites excluding steroid dienone is 1. The topological polar surface area (TPSA) is 85.4 Å². The molecule has 0 radical (unpaired) electrons. The van der Waals surface area contributed by atoms with Crippen molar-refractivity contribution in [1.82, 2.24) is 9.80 Å². The molecule has 1 saturated heterocycles. The Labute approximate surface area is 187 Å². The van der Waals surface area contributed by atoms with Crippen LogP contribution in [0.25, 0.3) is 6.08 Å². The number of benzene rings is 1. The molecule has 9 heteroatoms. The van der Waals surface area contributed by atoms with Crippen molar-refractivity contribution in [1.29, 1.82) is 0 Å². The summed E-state index contributed by atoms with van der Waals surface area (Å²) >= 11 is 5.12. The van der Waals surface area contributed by atoms with Gasteiger partial charge in [-0.3, -0.25) is 19.4 Å². The average Bonchev–Trinajstić information content (AvgIpc) is 2.74. The van der Waals surface area contributed by atoms with Gasteiger partial charge in [-0.25, -0.2) is 4.79 Å². The quantitative estimate of drug-likeness (QED) is 0.189. The van der Waals surface area contributed by atoms with E-state index in [1.54, 1.807) is 25.1 Å². The highest BCUT2D eigenvalue weighted by Gasteiger charge is 2.35. The van der Waals surface area contributed by atoms with Crippen LogP contribution in [0.1, 0.15) is 25.0 Å². The largest absolute Gasteiger partial charge is 0.490 e. The van der Waals surface area contributed by atoms with Crippen LogP contribution in [-0.4, -0.2) is 66.6 Å². The van der Waals surface area contributed by atoms with E-state index in [2.05, 4.69) is 6.58 Å². The van der Waals surface area contributed by atoms with Crippen LogP contribution >= 0.6 is 12.2 Å². The highest BCUT2D eigenvalue weighted by Crippen LogP contribution is 2.35. The van der Waals surface area contributed by atoms with E-state index in [-0.39, 0.29) is 23.9 Å². The Hall–Kier alpha value is -3.20. The van der Waals surface area contributed by atoms with Crippen molar-refractivity contribution in [2.24, 2.45) is 0 Å². The first-order valence-electron chi connectivity index (χ1n) is 9.75. The van der Waals surface area contributed by atoms with Crippen LogP contribution in [0.2, 0.25) is 0 Å². The van der Waals surface area contributed by atoms with Crippen LogP contribution in [0, 0.1) is 0 Å². The van der Waals surface area contributed by atoms with Crippen LogP contribution in [0.3, 0.4) is 0 Å². The maximum Gasteiger partial charge on any atom is 0.344 e. The van der Waals surface area contributed by atoms with E-state index in [4.69, 9.17) is 26.4 Å². The molecule has 0 bridgehead atoms. The SMILES string of the molecule is C=CCc1cc(C=C2C(=O)N(C)C(=S)N(C)C2=O)cc(OCC)c1OCC(=O)OCC. The predicted octanol–water partition coefficient (Wildman–Crippen LogP) is 2.35. The maximum absolute atomic E-state index is 12.6. The van der Waals surface area contributed by atoms with Gasteiger partial charge in [0.2, 0.25) is 0 Å². The molecule has 1 aromatic carbocycles. The van der Waals surface area contributed by atoms with E-state index in [1.165, 1.54) is 30.0 Å². The molecule has 1 aromatic rings. The number of hydrogen-bond acceptors (Lipinski definition) is 7. The molecule has 2 amide bonds. The van der Waals surface area contributed by atoms with Gasteiger partial charge in [0.1, 0.15) is 5.57 Å². The number of hydrogen-bond donors (Lipinski definition) is 0. The zero-order valence-corrected chi connectivity index (χ0v) is 18.9. The third-order valence-electron chi connectivity index (χ3n) is 4.41. The van der Waals surface area contributed by atoms with Gasteiger partial charge in [-0.05, 0) is 56.3 Å². The zero-order chi connectivity index (χ0) is 23.1. The Morgan fingerprint density at radius 2 is 1.74 bits per heavy atom. The van der Waals surface area contributed by atoms with E-state index >= 15 is 0 Å². The van der Waals surface area contributed by atoms with E-state index in [0.717, 1.165) is 0 Å². The van der Waals surface area contributed by atoms with Crippen molar-refractivity contribution in [2.45, 2.75) is 20.3 Å². The first-order valence-corrected chi connectivity index (χ1v) is 10.2. The predicted molar refractivity (Wildman–Crippen MR) is 120 cm³/mol. The fraction of sp³-hybridized carbons (Fsp3) is 0.364. The Bertz CT molecular complexity index is 914. The molecule has 0 atom stereocenters. The van der Waals surface area contributed by atoms with E-state index in [1.807, 2.05) is 6.92 Å². The molecular formula is C22H26N2O6S. The highest BCUT2D eigenvalue weighted by molar-refractivity contribution is 7.80. The van der Waals surface area contributed by atoms with Crippen LogP contribution in [-0.2, 0) is 25.5 Å². The molecule has 1 aliphatic rings. The van der Waals surface area contributed by atoms with E-state index in [9.17, 15) is 14.4 Å². The Morgan fingerprint density at radius 3 is 2.29 bits per heavy atom.